The molecule has 1 heterocycles. The van der Waals surface area contributed by atoms with Crippen molar-refractivity contribution in [3.63, 3.8) is 0 Å². The van der Waals surface area contributed by atoms with E-state index in [-0.39, 0.29) is 5.78 Å². The van der Waals surface area contributed by atoms with Crippen LogP contribution < -0.4 is 0 Å². The second-order valence-corrected chi connectivity index (χ2v) is 2.95. The zero-order valence-electron chi connectivity index (χ0n) is 8.66. The van der Waals surface area contributed by atoms with E-state index in [2.05, 4.69) is 0 Å². The van der Waals surface area contributed by atoms with Gasteiger partial charge in [0.05, 0.1) is 18.4 Å². The van der Waals surface area contributed by atoms with Crippen LogP contribution in [0.25, 0.3) is 0 Å². The largest absolute Gasteiger partial charge is 0.501 e. The Balaban J connectivity index is 2.74. The Labute approximate surface area is 83.4 Å². The van der Waals surface area contributed by atoms with Crippen LogP contribution in [-0.2, 0) is 4.74 Å². The van der Waals surface area contributed by atoms with Crippen LogP contribution >= 0.6 is 0 Å². The smallest absolute Gasteiger partial charge is 0.192 e. The van der Waals surface area contributed by atoms with Gasteiger partial charge in [0.25, 0.3) is 0 Å². The third kappa shape index (κ3) is 2.49. The number of aryl methyl sites for hydroxylation is 2. The van der Waals surface area contributed by atoms with Crippen molar-refractivity contribution in [1.82, 2.24) is 0 Å². The number of rotatable bonds is 4. The molecule has 1 aromatic rings. The van der Waals surface area contributed by atoms with Gasteiger partial charge in [0, 0.05) is 6.08 Å². The Bertz CT molecular complexity index is 347. The molecule has 3 heteroatoms. The van der Waals surface area contributed by atoms with Crippen molar-refractivity contribution in [2.45, 2.75) is 20.8 Å². The molecule has 1 aromatic heterocycles. The lowest BCUT2D eigenvalue weighted by atomic mass is 10.1. The maximum absolute atomic E-state index is 11.5. The lowest BCUT2D eigenvalue weighted by Gasteiger charge is -1.92. The summed E-state index contributed by atoms with van der Waals surface area (Å²) in [4.78, 5) is 11.5. The molecule has 0 aliphatic rings. The second kappa shape index (κ2) is 4.65. The molecule has 0 bridgehead atoms. The number of hydrogen-bond donors (Lipinski definition) is 0. The van der Waals surface area contributed by atoms with Gasteiger partial charge in [-0.15, -0.1) is 0 Å². The van der Waals surface area contributed by atoms with Gasteiger partial charge >= 0.3 is 0 Å². The Morgan fingerprint density at radius 1 is 1.57 bits per heavy atom. The van der Waals surface area contributed by atoms with Crippen LogP contribution in [0.15, 0.2) is 22.8 Å². The normalized spacial score (nSPS) is 10.8. The van der Waals surface area contributed by atoms with Gasteiger partial charge in [0.1, 0.15) is 11.5 Å². The van der Waals surface area contributed by atoms with E-state index in [4.69, 9.17) is 9.15 Å². The monoisotopic (exact) mass is 194 g/mol. The highest BCUT2D eigenvalue weighted by atomic mass is 16.5. The fourth-order valence-corrected chi connectivity index (χ4v) is 1.17. The van der Waals surface area contributed by atoms with Crippen LogP contribution in [0.3, 0.4) is 0 Å². The Morgan fingerprint density at radius 2 is 2.29 bits per heavy atom. The van der Waals surface area contributed by atoms with Gasteiger partial charge in [-0.1, -0.05) is 0 Å². The molecule has 0 radical (unpaired) electrons. The van der Waals surface area contributed by atoms with Gasteiger partial charge in [0.15, 0.2) is 5.78 Å². The van der Waals surface area contributed by atoms with E-state index in [9.17, 15) is 4.79 Å². The summed E-state index contributed by atoms with van der Waals surface area (Å²) in [5, 5.41) is 0. The molecule has 0 atom stereocenters. The van der Waals surface area contributed by atoms with Crippen molar-refractivity contribution in [3.8, 4) is 0 Å². The SMILES string of the molecule is CCOC=CC(=O)c1cc(C)oc1C. The standard InChI is InChI=1S/C11H14O3/c1-4-13-6-5-11(12)10-7-8(2)14-9(10)3/h5-7H,4H2,1-3H3. The molecule has 0 amide bonds. The van der Waals surface area contributed by atoms with Gasteiger partial charge in [0.2, 0.25) is 0 Å². The van der Waals surface area contributed by atoms with Gasteiger partial charge in [-0.2, -0.15) is 0 Å². The Hall–Kier alpha value is -1.51. The van der Waals surface area contributed by atoms with E-state index in [1.165, 1.54) is 12.3 Å². The summed E-state index contributed by atoms with van der Waals surface area (Å²) in [6.07, 6.45) is 2.81. The number of hydrogen-bond acceptors (Lipinski definition) is 3. The topological polar surface area (TPSA) is 39.4 Å². The molecule has 0 saturated carbocycles. The van der Waals surface area contributed by atoms with Crippen LogP contribution in [-0.4, -0.2) is 12.4 Å². The maximum Gasteiger partial charge on any atom is 0.192 e. The Morgan fingerprint density at radius 3 is 2.79 bits per heavy atom. The fraction of sp³-hybridized carbons (Fsp3) is 0.364. The van der Waals surface area contributed by atoms with Gasteiger partial charge in [-0.3, -0.25) is 4.79 Å². The molecule has 1 rings (SSSR count). The van der Waals surface area contributed by atoms with Crippen LogP contribution in [0.4, 0.5) is 0 Å². The summed E-state index contributed by atoms with van der Waals surface area (Å²) in [6.45, 7) is 6.01. The molecule has 3 nitrogen and oxygen atoms in total. The molecule has 0 aliphatic heterocycles. The highest BCUT2D eigenvalue weighted by molar-refractivity contribution is 6.05. The van der Waals surface area contributed by atoms with Crippen molar-refractivity contribution in [3.05, 3.63) is 35.5 Å². The van der Waals surface area contributed by atoms with Crippen molar-refractivity contribution < 1.29 is 13.9 Å². The molecule has 0 N–H and O–H groups in total. The minimum absolute atomic E-state index is 0.0900. The fourth-order valence-electron chi connectivity index (χ4n) is 1.17. The maximum atomic E-state index is 11.5. The molecule has 0 unspecified atom stereocenters. The lowest BCUT2D eigenvalue weighted by Crippen LogP contribution is -1.94. The predicted molar refractivity (Wildman–Crippen MR) is 53.3 cm³/mol. The summed E-state index contributed by atoms with van der Waals surface area (Å²) in [7, 11) is 0. The molecular weight excluding hydrogens is 180 g/mol. The highest BCUT2D eigenvalue weighted by Gasteiger charge is 2.10. The molecular formula is C11H14O3. The first-order valence-corrected chi connectivity index (χ1v) is 4.54. The third-order valence-corrected chi connectivity index (χ3v) is 1.79. The number of carbonyl (C=O) groups excluding carboxylic acids is 1. The Kier molecular flexibility index (Phi) is 3.51. The molecule has 0 aromatic carbocycles. The van der Waals surface area contributed by atoms with Gasteiger partial charge < -0.3 is 9.15 Å². The van der Waals surface area contributed by atoms with E-state index in [1.54, 1.807) is 13.0 Å². The van der Waals surface area contributed by atoms with E-state index >= 15 is 0 Å². The summed E-state index contributed by atoms with van der Waals surface area (Å²) >= 11 is 0. The molecule has 0 saturated heterocycles. The minimum atomic E-state index is -0.0900. The summed E-state index contributed by atoms with van der Waals surface area (Å²) in [5.41, 5.74) is 0.596. The van der Waals surface area contributed by atoms with E-state index in [0.29, 0.717) is 17.9 Å². The van der Waals surface area contributed by atoms with Crippen molar-refractivity contribution in [2.24, 2.45) is 0 Å². The quantitative estimate of drug-likeness (QED) is 0.420. The first-order valence-electron chi connectivity index (χ1n) is 4.54. The predicted octanol–water partition coefficient (Wildman–Crippen LogP) is 2.63. The van der Waals surface area contributed by atoms with Gasteiger partial charge in [-0.05, 0) is 26.8 Å². The van der Waals surface area contributed by atoms with Crippen molar-refractivity contribution >= 4 is 5.78 Å². The number of furan rings is 1. The van der Waals surface area contributed by atoms with Crippen LogP contribution in [0.2, 0.25) is 0 Å². The molecule has 0 aliphatic carbocycles. The molecule has 76 valence electrons. The average Bonchev–Trinajstić information content (AvgIpc) is 2.45. The van der Waals surface area contributed by atoms with Crippen LogP contribution in [0, 0.1) is 13.8 Å². The third-order valence-electron chi connectivity index (χ3n) is 1.79. The van der Waals surface area contributed by atoms with Gasteiger partial charge in [-0.25, -0.2) is 0 Å². The van der Waals surface area contributed by atoms with E-state index in [1.807, 2.05) is 13.8 Å². The first-order chi connectivity index (χ1) is 6.65. The number of ketones is 1. The summed E-state index contributed by atoms with van der Waals surface area (Å²) < 4.78 is 10.2. The number of carbonyl (C=O) groups is 1. The van der Waals surface area contributed by atoms with Crippen molar-refractivity contribution in [1.29, 1.82) is 0 Å². The lowest BCUT2D eigenvalue weighted by molar-refractivity contribution is 0.104. The van der Waals surface area contributed by atoms with E-state index in [0.717, 1.165) is 5.76 Å². The average molecular weight is 194 g/mol. The van der Waals surface area contributed by atoms with Crippen LogP contribution in [0.5, 0.6) is 0 Å². The highest BCUT2D eigenvalue weighted by Crippen LogP contribution is 2.14. The molecule has 0 fully saturated rings. The molecule has 0 spiro atoms. The zero-order chi connectivity index (χ0) is 10.6. The summed E-state index contributed by atoms with van der Waals surface area (Å²) in [6, 6.07) is 1.73. The van der Waals surface area contributed by atoms with Crippen LogP contribution in [0.1, 0.15) is 28.8 Å². The number of ether oxygens (including phenoxy) is 1. The first kappa shape index (κ1) is 10.6. The minimum Gasteiger partial charge on any atom is -0.501 e. The van der Waals surface area contributed by atoms with E-state index < -0.39 is 0 Å². The number of allylic oxidation sites excluding steroid dienone is 1. The van der Waals surface area contributed by atoms with Crippen molar-refractivity contribution in [2.75, 3.05) is 6.61 Å². The summed E-state index contributed by atoms with van der Waals surface area (Å²) in [5.74, 6) is 1.30. The molecule has 14 heavy (non-hydrogen) atoms. The second-order valence-electron chi connectivity index (χ2n) is 2.95. The zero-order valence-corrected chi connectivity index (χ0v) is 8.66.